The highest BCUT2D eigenvalue weighted by molar-refractivity contribution is 5.43. The van der Waals surface area contributed by atoms with Crippen LogP contribution in [0.15, 0.2) is 24.4 Å². The third kappa shape index (κ3) is 2.53. The van der Waals surface area contributed by atoms with Gasteiger partial charge in [-0.05, 0) is 37.5 Å². The Hall–Kier alpha value is -2.14. The highest BCUT2D eigenvalue weighted by Crippen LogP contribution is 2.44. The van der Waals surface area contributed by atoms with E-state index in [-0.39, 0.29) is 0 Å². The summed E-state index contributed by atoms with van der Waals surface area (Å²) in [6, 6.07) is 7.21. The van der Waals surface area contributed by atoms with Crippen LogP contribution in [0.25, 0.3) is 0 Å². The minimum Gasteiger partial charge on any atom is -0.493 e. The molecule has 0 unspecified atom stereocenters. The van der Waals surface area contributed by atoms with Crippen molar-refractivity contribution in [1.29, 1.82) is 0 Å². The normalized spacial score (nSPS) is 22.3. The fraction of sp³-hybridized carbons (Fsp3) is 0.474. The van der Waals surface area contributed by atoms with Crippen LogP contribution < -0.4 is 9.47 Å². The molecule has 1 saturated heterocycles. The van der Waals surface area contributed by atoms with Crippen LogP contribution in [0.1, 0.15) is 41.5 Å². The fourth-order valence-corrected chi connectivity index (χ4v) is 4.11. The van der Waals surface area contributed by atoms with Crippen LogP contribution in [0.4, 0.5) is 0 Å². The monoisotopic (exact) mass is 325 g/mol. The van der Waals surface area contributed by atoms with Gasteiger partial charge in [0.25, 0.3) is 0 Å². The average molecular weight is 325 g/mol. The van der Waals surface area contributed by atoms with Crippen LogP contribution >= 0.6 is 0 Å². The number of rotatable bonds is 4. The van der Waals surface area contributed by atoms with Gasteiger partial charge in [-0.15, -0.1) is 0 Å². The molecule has 0 radical (unpaired) electrons. The van der Waals surface area contributed by atoms with Crippen LogP contribution in [0, 0.1) is 6.92 Å². The minimum atomic E-state index is 0.437. The quantitative estimate of drug-likeness (QED) is 0.864. The first-order chi connectivity index (χ1) is 11.7. The summed E-state index contributed by atoms with van der Waals surface area (Å²) in [6.07, 6.45) is 5.48. The maximum Gasteiger partial charge on any atom is 0.161 e. The molecular weight excluding hydrogens is 302 g/mol. The molecule has 1 aromatic heterocycles. The van der Waals surface area contributed by atoms with Gasteiger partial charge in [-0.1, -0.05) is 6.07 Å². The molecule has 0 aliphatic carbocycles. The number of fused-ring (bicyclic) bond motifs is 4. The predicted octanol–water partition coefficient (Wildman–Crippen LogP) is 3.06. The van der Waals surface area contributed by atoms with E-state index in [1.165, 1.54) is 29.7 Å². The number of aromatic nitrogens is 2. The lowest BCUT2D eigenvalue weighted by Gasteiger charge is -2.35. The summed E-state index contributed by atoms with van der Waals surface area (Å²) < 4.78 is 10.8. The number of hydrogen-bond donors (Lipinski definition) is 0. The van der Waals surface area contributed by atoms with Gasteiger partial charge in [0.1, 0.15) is 5.82 Å². The molecule has 5 heteroatoms. The number of ether oxygens (including phenoxy) is 2. The number of benzene rings is 1. The Morgan fingerprint density at radius 2 is 2.00 bits per heavy atom. The van der Waals surface area contributed by atoms with Crippen molar-refractivity contribution < 1.29 is 9.47 Å². The van der Waals surface area contributed by atoms with Crippen LogP contribution in [0.2, 0.25) is 0 Å². The summed E-state index contributed by atoms with van der Waals surface area (Å²) >= 11 is 0. The van der Waals surface area contributed by atoms with Crippen molar-refractivity contribution in [2.75, 3.05) is 14.2 Å². The zero-order valence-electron chi connectivity index (χ0n) is 14.5. The Morgan fingerprint density at radius 1 is 1.17 bits per heavy atom. The van der Waals surface area contributed by atoms with Crippen molar-refractivity contribution in [3.05, 3.63) is 47.0 Å². The molecule has 126 valence electrons. The SMILES string of the molecule is COc1ccc(CN2[C@@H]3CC[C@@H]2c2cnc(C)nc2C3)cc1OC. The second kappa shape index (κ2) is 6.06. The van der Waals surface area contributed by atoms with E-state index >= 15 is 0 Å². The van der Waals surface area contributed by atoms with E-state index in [4.69, 9.17) is 9.47 Å². The molecule has 2 aromatic rings. The van der Waals surface area contributed by atoms with Gasteiger partial charge in [0.2, 0.25) is 0 Å². The van der Waals surface area contributed by atoms with Gasteiger partial charge in [-0.25, -0.2) is 9.97 Å². The maximum atomic E-state index is 5.44. The molecule has 1 aromatic carbocycles. The number of methoxy groups -OCH3 is 2. The van der Waals surface area contributed by atoms with Gasteiger partial charge in [-0.3, -0.25) is 4.90 Å². The van der Waals surface area contributed by atoms with Crippen molar-refractivity contribution in [2.45, 2.75) is 44.8 Å². The Kier molecular flexibility index (Phi) is 3.88. The van der Waals surface area contributed by atoms with Crippen molar-refractivity contribution in [1.82, 2.24) is 14.9 Å². The first kappa shape index (κ1) is 15.4. The highest BCUT2D eigenvalue weighted by atomic mass is 16.5. The third-order valence-corrected chi connectivity index (χ3v) is 5.26. The van der Waals surface area contributed by atoms with Crippen molar-refractivity contribution >= 4 is 0 Å². The molecule has 2 bridgehead atoms. The molecule has 2 aliphatic heterocycles. The Labute approximate surface area is 142 Å². The zero-order valence-corrected chi connectivity index (χ0v) is 14.5. The maximum absolute atomic E-state index is 5.44. The zero-order chi connectivity index (χ0) is 16.7. The fourth-order valence-electron chi connectivity index (χ4n) is 4.11. The van der Waals surface area contributed by atoms with Gasteiger partial charge in [0.05, 0.1) is 19.9 Å². The molecule has 24 heavy (non-hydrogen) atoms. The molecule has 5 nitrogen and oxygen atoms in total. The van der Waals surface area contributed by atoms with Crippen LogP contribution in [-0.4, -0.2) is 35.1 Å². The van der Waals surface area contributed by atoms with Gasteiger partial charge in [0, 0.05) is 36.8 Å². The standard InChI is InChI=1S/C19H23N3O2/c1-12-20-10-15-16(21-12)9-14-5-6-17(15)22(14)11-13-4-7-18(23-2)19(8-13)24-3/h4,7-8,10,14,17H,5-6,9,11H2,1-3H3/t14-,17-/m1/s1. The Morgan fingerprint density at radius 3 is 2.79 bits per heavy atom. The number of aryl methyl sites for hydroxylation is 1. The van der Waals surface area contributed by atoms with Crippen molar-refractivity contribution in [3.63, 3.8) is 0 Å². The molecule has 0 amide bonds. The molecule has 0 spiro atoms. The second-order valence-electron chi connectivity index (χ2n) is 6.63. The summed E-state index contributed by atoms with van der Waals surface area (Å²) in [6.45, 7) is 2.89. The molecule has 2 atom stereocenters. The van der Waals surface area contributed by atoms with E-state index < -0.39 is 0 Å². The third-order valence-electron chi connectivity index (χ3n) is 5.26. The lowest BCUT2D eigenvalue weighted by atomic mass is 9.98. The smallest absolute Gasteiger partial charge is 0.161 e. The van der Waals surface area contributed by atoms with Crippen molar-refractivity contribution in [2.24, 2.45) is 0 Å². The molecule has 1 fully saturated rings. The topological polar surface area (TPSA) is 47.5 Å². The van der Waals surface area contributed by atoms with Crippen LogP contribution in [0.5, 0.6) is 11.5 Å². The predicted molar refractivity (Wildman–Crippen MR) is 91.3 cm³/mol. The lowest BCUT2D eigenvalue weighted by molar-refractivity contribution is 0.166. The van der Waals surface area contributed by atoms with E-state index in [0.717, 1.165) is 30.3 Å². The second-order valence-corrected chi connectivity index (χ2v) is 6.63. The Balaban J connectivity index is 1.61. The molecular formula is C19H23N3O2. The average Bonchev–Trinajstić information content (AvgIpc) is 2.87. The first-order valence-corrected chi connectivity index (χ1v) is 8.48. The van der Waals surface area contributed by atoms with Crippen molar-refractivity contribution in [3.8, 4) is 11.5 Å². The summed E-state index contributed by atoms with van der Waals surface area (Å²) in [5.74, 6) is 2.44. The van der Waals surface area contributed by atoms with Gasteiger partial charge < -0.3 is 9.47 Å². The van der Waals surface area contributed by atoms with E-state index in [9.17, 15) is 0 Å². The summed E-state index contributed by atoms with van der Waals surface area (Å²) in [7, 11) is 3.35. The molecule has 4 rings (SSSR count). The van der Waals surface area contributed by atoms with Crippen LogP contribution in [0.3, 0.4) is 0 Å². The molecule has 3 heterocycles. The van der Waals surface area contributed by atoms with E-state index in [0.29, 0.717) is 12.1 Å². The van der Waals surface area contributed by atoms with E-state index in [1.807, 2.05) is 19.2 Å². The van der Waals surface area contributed by atoms with Crippen LogP contribution in [-0.2, 0) is 13.0 Å². The minimum absolute atomic E-state index is 0.437. The molecule has 0 saturated carbocycles. The summed E-state index contributed by atoms with van der Waals surface area (Å²) in [4.78, 5) is 11.7. The Bertz CT molecular complexity index is 762. The van der Waals surface area contributed by atoms with Gasteiger partial charge >= 0.3 is 0 Å². The highest BCUT2D eigenvalue weighted by Gasteiger charge is 2.40. The van der Waals surface area contributed by atoms with E-state index in [1.54, 1.807) is 14.2 Å². The van der Waals surface area contributed by atoms with E-state index in [2.05, 4.69) is 27.0 Å². The number of hydrogen-bond acceptors (Lipinski definition) is 5. The summed E-state index contributed by atoms with van der Waals surface area (Å²) in [5, 5.41) is 0. The number of nitrogens with zero attached hydrogens (tertiary/aromatic N) is 3. The van der Waals surface area contributed by atoms with Gasteiger partial charge in [-0.2, -0.15) is 0 Å². The largest absolute Gasteiger partial charge is 0.493 e. The van der Waals surface area contributed by atoms with Gasteiger partial charge in [0.15, 0.2) is 11.5 Å². The molecule has 2 aliphatic rings. The first-order valence-electron chi connectivity index (χ1n) is 8.48. The summed E-state index contributed by atoms with van der Waals surface area (Å²) in [5.41, 5.74) is 3.81. The lowest BCUT2D eigenvalue weighted by Crippen LogP contribution is -2.37. The molecule has 0 N–H and O–H groups in total.